The first-order chi connectivity index (χ1) is 11.0. The van der Waals surface area contributed by atoms with Crippen LogP contribution in [0.15, 0.2) is 6.20 Å². The normalized spacial score (nSPS) is 16.0. The van der Waals surface area contributed by atoms with Crippen molar-refractivity contribution in [2.45, 2.75) is 20.4 Å². The Balaban J connectivity index is 1.64. The number of aromatic amines is 1. The van der Waals surface area contributed by atoms with Crippen LogP contribution >= 0.6 is 0 Å². The average Bonchev–Trinajstić information content (AvgIpc) is 3.09. The minimum Gasteiger partial charge on any atom is -0.349 e. The highest BCUT2D eigenvalue weighted by atomic mass is 16.6. The summed E-state index contributed by atoms with van der Waals surface area (Å²) in [5, 5.41) is 22.0. The summed E-state index contributed by atoms with van der Waals surface area (Å²) < 4.78 is 1.91. The van der Waals surface area contributed by atoms with Gasteiger partial charge >= 0.3 is 5.69 Å². The van der Waals surface area contributed by atoms with Crippen LogP contribution in [-0.4, -0.2) is 56.0 Å². The van der Waals surface area contributed by atoms with Crippen LogP contribution in [0.4, 0.5) is 11.5 Å². The second-order valence-electron chi connectivity index (χ2n) is 5.90. The molecule has 9 nitrogen and oxygen atoms in total. The average molecular weight is 319 g/mol. The Morgan fingerprint density at radius 2 is 2.00 bits per heavy atom. The van der Waals surface area contributed by atoms with Crippen LogP contribution < -0.4 is 4.90 Å². The second-order valence-corrected chi connectivity index (χ2v) is 5.90. The third kappa shape index (κ3) is 2.91. The highest BCUT2D eigenvalue weighted by Gasteiger charge is 2.26. The van der Waals surface area contributed by atoms with Crippen molar-refractivity contribution in [1.82, 2.24) is 24.9 Å². The van der Waals surface area contributed by atoms with Crippen LogP contribution in [0.2, 0.25) is 0 Å². The Bertz CT molecular complexity index is 713. The molecule has 1 aliphatic rings. The molecule has 0 radical (unpaired) electrons. The molecule has 0 aromatic carbocycles. The van der Waals surface area contributed by atoms with E-state index in [1.807, 2.05) is 23.6 Å². The molecule has 1 fully saturated rings. The van der Waals surface area contributed by atoms with E-state index in [4.69, 9.17) is 0 Å². The Hall–Kier alpha value is -2.42. The standard InChI is InChI=1S/C14H21N7O2/c1-10-12(11(2)18(3)17-10)9-19-4-6-20(7-5-19)14-13(21(22)23)8-15-16-14/h8H,4-7,9H2,1-3H3,(H,15,16). The van der Waals surface area contributed by atoms with Crippen molar-refractivity contribution in [3.8, 4) is 0 Å². The maximum atomic E-state index is 11.0. The quantitative estimate of drug-likeness (QED) is 0.667. The van der Waals surface area contributed by atoms with E-state index in [1.165, 1.54) is 17.5 Å². The van der Waals surface area contributed by atoms with E-state index in [2.05, 4.69) is 27.1 Å². The number of H-pyrrole nitrogens is 1. The minimum atomic E-state index is -0.395. The molecule has 23 heavy (non-hydrogen) atoms. The molecule has 9 heteroatoms. The number of aryl methyl sites for hydroxylation is 2. The number of hydrogen-bond donors (Lipinski definition) is 1. The zero-order valence-corrected chi connectivity index (χ0v) is 13.6. The van der Waals surface area contributed by atoms with Gasteiger partial charge in [-0.25, -0.2) is 0 Å². The Morgan fingerprint density at radius 3 is 2.57 bits per heavy atom. The molecule has 0 aliphatic carbocycles. The van der Waals surface area contributed by atoms with Gasteiger partial charge < -0.3 is 4.90 Å². The van der Waals surface area contributed by atoms with Gasteiger partial charge in [-0.2, -0.15) is 10.2 Å². The topological polar surface area (TPSA) is 96.1 Å². The van der Waals surface area contributed by atoms with Gasteiger partial charge in [0, 0.05) is 51.0 Å². The summed E-state index contributed by atoms with van der Waals surface area (Å²) in [6.45, 7) is 8.16. The lowest BCUT2D eigenvalue weighted by Gasteiger charge is -2.34. The van der Waals surface area contributed by atoms with Crippen LogP contribution in [0.1, 0.15) is 17.0 Å². The van der Waals surface area contributed by atoms with Crippen LogP contribution in [0.25, 0.3) is 0 Å². The monoisotopic (exact) mass is 319 g/mol. The molecule has 2 aromatic rings. The third-order valence-electron chi connectivity index (χ3n) is 4.53. The molecule has 0 bridgehead atoms. The van der Waals surface area contributed by atoms with E-state index >= 15 is 0 Å². The van der Waals surface area contributed by atoms with Crippen molar-refractivity contribution in [2.24, 2.45) is 7.05 Å². The fourth-order valence-electron chi connectivity index (χ4n) is 3.04. The van der Waals surface area contributed by atoms with Gasteiger partial charge in [0.05, 0.1) is 10.6 Å². The van der Waals surface area contributed by atoms with Gasteiger partial charge in [0.15, 0.2) is 0 Å². The molecule has 0 spiro atoms. The molecule has 124 valence electrons. The molecule has 1 aliphatic heterocycles. The molecule has 1 N–H and O–H groups in total. The zero-order chi connectivity index (χ0) is 16.6. The maximum Gasteiger partial charge on any atom is 0.330 e. The van der Waals surface area contributed by atoms with Crippen molar-refractivity contribution >= 4 is 11.5 Å². The first-order valence-electron chi connectivity index (χ1n) is 7.61. The lowest BCUT2D eigenvalue weighted by atomic mass is 10.1. The van der Waals surface area contributed by atoms with Crippen molar-refractivity contribution in [3.05, 3.63) is 33.3 Å². The number of nitro groups is 1. The second kappa shape index (κ2) is 5.99. The van der Waals surface area contributed by atoms with Gasteiger partial charge in [-0.1, -0.05) is 0 Å². The Morgan fingerprint density at radius 1 is 1.30 bits per heavy atom. The van der Waals surface area contributed by atoms with Gasteiger partial charge in [-0.05, 0) is 13.8 Å². The molecule has 2 aromatic heterocycles. The van der Waals surface area contributed by atoms with E-state index in [-0.39, 0.29) is 5.69 Å². The maximum absolute atomic E-state index is 11.0. The van der Waals surface area contributed by atoms with Gasteiger partial charge in [-0.15, -0.1) is 0 Å². The predicted molar refractivity (Wildman–Crippen MR) is 85.4 cm³/mol. The van der Waals surface area contributed by atoms with E-state index in [1.54, 1.807) is 0 Å². The van der Waals surface area contributed by atoms with Crippen molar-refractivity contribution in [3.63, 3.8) is 0 Å². The molecule has 3 heterocycles. The summed E-state index contributed by atoms with van der Waals surface area (Å²) in [5.41, 5.74) is 3.57. The van der Waals surface area contributed by atoms with Crippen LogP contribution in [0.5, 0.6) is 0 Å². The first kappa shape index (κ1) is 15.5. The van der Waals surface area contributed by atoms with Crippen LogP contribution in [0, 0.1) is 24.0 Å². The van der Waals surface area contributed by atoms with E-state index < -0.39 is 4.92 Å². The van der Waals surface area contributed by atoms with Crippen LogP contribution in [0.3, 0.4) is 0 Å². The largest absolute Gasteiger partial charge is 0.349 e. The van der Waals surface area contributed by atoms with Gasteiger partial charge in [0.1, 0.15) is 6.20 Å². The number of hydrogen-bond acceptors (Lipinski definition) is 6. The molecule has 3 rings (SSSR count). The summed E-state index contributed by atoms with van der Waals surface area (Å²) in [6, 6.07) is 0. The minimum absolute atomic E-state index is 0.0393. The van der Waals surface area contributed by atoms with Gasteiger partial charge in [0.2, 0.25) is 5.82 Å². The van der Waals surface area contributed by atoms with Crippen molar-refractivity contribution in [2.75, 3.05) is 31.1 Å². The molecule has 0 amide bonds. The number of piperazine rings is 1. The lowest BCUT2D eigenvalue weighted by molar-refractivity contribution is -0.384. The molecule has 0 saturated carbocycles. The molecule has 1 saturated heterocycles. The van der Waals surface area contributed by atoms with E-state index in [9.17, 15) is 10.1 Å². The van der Waals surface area contributed by atoms with Crippen LogP contribution in [-0.2, 0) is 13.6 Å². The number of aromatic nitrogens is 4. The summed E-state index contributed by atoms with van der Waals surface area (Å²) >= 11 is 0. The summed E-state index contributed by atoms with van der Waals surface area (Å²) in [6.07, 6.45) is 1.27. The van der Waals surface area contributed by atoms with E-state index in [0.29, 0.717) is 5.82 Å². The molecule has 0 atom stereocenters. The summed E-state index contributed by atoms with van der Waals surface area (Å²) in [7, 11) is 1.96. The van der Waals surface area contributed by atoms with Gasteiger partial charge in [-0.3, -0.25) is 24.8 Å². The van der Waals surface area contributed by atoms with E-state index in [0.717, 1.165) is 38.4 Å². The zero-order valence-electron chi connectivity index (χ0n) is 13.6. The number of nitrogens with zero attached hydrogens (tertiary/aromatic N) is 6. The van der Waals surface area contributed by atoms with Gasteiger partial charge in [0.25, 0.3) is 0 Å². The fourth-order valence-corrected chi connectivity index (χ4v) is 3.04. The predicted octanol–water partition coefficient (Wildman–Crippen LogP) is 0.990. The Kier molecular flexibility index (Phi) is 4.03. The number of nitrogens with one attached hydrogen (secondary N) is 1. The third-order valence-corrected chi connectivity index (χ3v) is 4.53. The summed E-state index contributed by atoms with van der Waals surface area (Å²) in [5.74, 6) is 0.503. The lowest BCUT2D eigenvalue weighted by Crippen LogP contribution is -2.46. The highest BCUT2D eigenvalue weighted by Crippen LogP contribution is 2.26. The number of anilines is 1. The van der Waals surface area contributed by atoms with Crippen molar-refractivity contribution < 1.29 is 4.92 Å². The number of rotatable bonds is 4. The Labute approximate surface area is 134 Å². The highest BCUT2D eigenvalue weighted by molar-refractivity contribution is 5.56. The first-order valence-corrected chi connectivity index (χ1v) is 7.61. The smallest absolute Gasteiger partial charge is 0.330 e. The SMILES string of the molecule is Cc1nn(C)c(C)c1CN1CCN(c2[nH]ncc2[N+](=O)[O-])CC1. The summed E-state index contributed by atoms with van der Waals surface area (Å²) in [4.78, 5) is 15.0. The molecule has 0 unspecified atom stereocenters. The molecular formula is C14H21N7O2. The van der Waals surface area contributed by atoms with Crippen molar-refractivity contribution in [1.29, 1.82) is 0 Å². The molecular weight excluding hydrogens is 298 g/mol. The fraction of sp³-hybridized carbons (Fsp3) is 0.571.